The van der Waals surface area contributed by atoms with Crippen LogP contribution in [0.1, 0.15) is 35.4 Å². The molecule has 0 fully saturated rings. The molecular formula is C27H28N8O2. The number of allylic oxidation sites excluding steroid dienone is 2. The van der Waals surface area contributed by atoms with Crippen molar-refractivity contribution in [2.75, 3.05) is 13.2 Å². The third-order valence-corrected chi connectivity index (χ3v) is 5.42. The summed E-state index contributed by atoms with van der Waals surface area (Å²) in [5.74, 6) is 1.99. The van der Waals surface area contributed by atoms with E-state index in [4.69, 9.17) is 4.74 Å². The Labute approximate surface area is 214 Å². The van der Waals surface area contributed by atoms with Crippen molar-refractivity contribution in [2.45, 2.75) is 26.2 Å². The number of fused-ring (bicyclic) bond motifs is 1. The number of ether oxygens (including phenoxy) is 1. The average Bonchev–Trinajstić information content (AvgIpc) is 3.34. The van der Waals surface area contributed by atoms with Crippen LogP contribution in [0.4, 0.5) is 0 Å². The number of carbonyl (C=O) groups excluding carboxylic acids is 1. The number of rotatable bonds is 12. The van der Waals surface area contributed by atoms with E-state index in [1.807, 2.05) is 41.8 Å². The molecule has 37 heavy (non-hydrogen) atoms. The Hall–Kier alpha value is -4.73. The summed E-state index contributed by atoms with van der Waals surface area (Å²) in [5.41, 5.74) is 2.65. The molecule has 0 saturated heterocycles. The molecule has 0 aliphatic carbocycles. The maximum absolute atomic E-state index is 12.8. The van der Waals surface area contributed by atoms with Gasteiger partial charge in [-0.15, -0.1) is 10.2 Å². The van der Waals surface area contributed by atoms with E-state index in [1.165, 1.54) is 0 Å². The minimum atomic E-state index is -0.183. The molecule has 10 heteroatoms. The van der Waals surface area contributed by atoms with Gasteiger partial charge in [-0.3, -0.25) is 29.3 Å². The van der Waals surface area contributed by atoms with Crippen molar-refractivity contribution in [1.82, 2.24) is 35.0 Å². The molecule has 0 unspecified atom stereocenters. The highest BCUT2D eigenvalue weighted by Crippen LogP contribution is 2.16. The lowest BCUT2D eigenvalue weighted by Gasteiger charge is -2.10. The van der Waals surface area contributed by atoms with E-state index < -0.39 is 0 Å². The molecule has 4 aromatic rings. The highest BCUT2D eigenvalue weighted by atomic mass is 16.5. The first-order valence-corrected chi connectivity index (χ1v) is 12.0. The SMILES string of the molecule is C=N/C=C(\C=C/Cc1nnc(CCCNC(=O)c2ccnc3cccnc23)n1-c1cccnc1)OCC. The quantitative estimate of drug-likeness (QED) is 0.138. The van der Waals surface area contributed by atoms with Crippen LogP contribution < -0.4 is 5.32 Å². The van der Waals surface area contributed by atoms with E-state index in [9.17, 15) is 4.79 Å². The number of aliphatic imine (C=N–C) groups is 1. The molecule has 4 heterocycles. The van der Waals surface area contributed by atoms with Crippen molar-refractivity contribution in [3.63, 3.8) is 0 Å². The van der Waals surface area contributed by atoms with Gasteiger partial charge >= 0.3 is 0 Å². The van der Waals surface area contributed by atoms with Crippen LogP contribution in [-0.4, -0.2) is 55.5 Å². The van der Waals surface area contributed by atoms with Crippen LogP contribution in [0.25, 0.3) is 16.7 Å². The maximum Gasteiger partial charge on any atom is 0.253 e. The summed E-state index contributed by atoms with van der Waals surface area (Å²) < 4.78 is 7.52. The average molecular weight is 497 g/mol. The van der Waals surface area contributed by atoms with Gasteiger partial charge in [-0.1, -0.05) is 6.08 Å². The zero-order valence-electron chi connectivity index (χ0n) is 20.6. The molecule has 1 N–H and O–H groups in total. The monoisotopic (exact) mass is 496 g/mol. The van der Waals surface area contributed by atoms with Crippen LogP contribution in [0.15, 0.2) is 84.2 Å². The standard InChI is InChI=1S/C27H28N8O2/c1-3-37-21(19-28-2)9-4-11-24-33-34-25(35(24)20-8-5-14-29-18-20)12-7-16-32-27(36)22-13-17-30-23-10-6-15-31-26(22)23/h4-6,8-10,13-15,17-19H,2-3,7,11-12,16H2,1H3,(H,32,36)/b9-4-,21-19+. The van der Waals surface area contributed by atoms with Crippen molar-refractivity contribution in [3.05, 3.63) is 96.4 Å². The number of hydrogen-bond donors (Lipinski definition) is 1. The molecule has 4 aromatic heterocycles. The first kappa shape index (κ1) is 25.4. The third-order valence-electron chi connectivity index (χ3n) is 5.42. The largest absolute Gasteiger partial charge is 0.492 e. The molecule has 0 bridgehead atoms. The van der Waals surface area contributed by atoms with Gasteiger partial charge in [0.05, 0.1) is 35.8 Å². The molecule has 0 aliphatic heterocycles. The number of aryl methyl sites for hydroxylation is 1. The summed E-state index contributed by atoms with van der Waals surface area (Å²) in [4.78, 5) is 29.4. The number of carbonyl (C=O) groups is 1. The van der Waals surface area contributed by atoms with Gasteiger partial charge in [-0.05, 0) is 56.5 Å². The summed E-state index contributed by atoms with van der Waals surface area (Å²) in [6, 6.07) is 9.15. The fraction of sp³-hybridized carbons (Fsp3) is 0.222. The van der Waals surface area contributed by atoms with Crippen molar-refractivity contribution >= 4 is 23.7 Å². The van der Waals surface area contributed by atoms with Crippen LogP contribution in [-0.2, 0) is 17.6 Å². The number of nitrogens with one attached hydrogen (secondary N) is 1. The highest BCUT2D eigenvalue weighted by molar-refractivity contribution is 6.04. The molecule has 0 saturated carbocycles. The zero-order valence-corrected chi connectivity index (χ0v) is 20.6. The van der Waals surface area contributed by atoms with E-state index in [0.717, 1.165) is 17.3 Å². The Morgan fingerprint density at radius 3 is 2.81 bits per heavy atom. The van der Waals surface area contributed by atoms with Crippen LogP contribution in [0.5, 0.6) is 0 Å². The van der Waals surface area contributed by atoms with Crippen molar-refractivity contribution in [3.8, 4) is 5.69 Å². The molecule has 0 atom stereocenters. The van der Waals surface area contributed by atoms with Gasteiger partial charge in [-0.25, -0.2) is 0 Å². The Kier molecular flexibility index (Phi) is 8.79. The van der Waals surface area contributed by atoms with Crippen molar-refractivity contribution < 1.29 is 9.53 Å². The van der Waals surface area contributed by atoms with Gasteiger partial charge in [0, 0.05) is 38.0 Å². The van der Waals surface area contributed by atoms with E-state index in [2.05, 4.69) is 42.2 Å². The van der Waals surface area contributed by atoms with Gasteiger partial charge in [-0.2, -0.15) is 0 Å². The lowest BCUT2D eigenvalue weighted by atomic mass is 10.2. The van der Waals surface area contributed by atoms with Crippen molar-refractivity contribution in [2.24, 2.45) is 4.99 Å². The summed E-state index contributed by atoms with van der Waals surface area (Å²) >= 11 is 0. The molecule has 0 spiro atoms. The zero-order chi connectivity index (χ0) is 25.9. The van der Waals surface area contributed by atoms with E-state index >= 15 is 0 Å². The smallest absolute Gasteiger partial charge is 0.253 e. The molecule has 0 aliphatic rings. The summed E-state index contributed by atoms with van der Waals surface area (Å²) in [5, 5.41) is 11.8. The number of pyridine rings is 3. The highest BCUT2D eigenvalue weighted by Gasteiger charge is 2.14. The molecule has 1 amide bonds. The van der Waals surface area contributed by atoms with E-state index in [0.29, 0.717) is 54.8 Å². The Bertz CT molecular complexity index is 1410. The topological polar surface area (TPSA) is 120 Å². The molecule has 188 valence electrons. The predicted octanol–water partition coefficient (Wildman–Crippen LogP) is 3.65. The molecule has 4 rings (SSSR count). The second-order valence-electron chi connectivity index (χ2n) is 7.92. The minimum Gasteiger partial charge on any atom is -0.492 e. The van der Waals surface area contributed by atoms with E-state index in [1.54, 1.807) is 43.1 Å². The number of nitrogens with zero attached hydrogens (tertiary/aromatic N) is 7. The number of aromatic nitrogens is 6. The summed E-state index contributed by atoms with van der Waals surface area (Å²) in [7, 11) is 0. The van der Waals surface area contributed by atoms with Crippen LogP contribution in [0.2, 0.25) is 0 Å². The Balaban J connectivity index is 1.43. The molecule has 10 nitrogen and oxygen atoms in total. The maximum atomic E-state index is 12.8. The molecular weight excluding hydrogens is 468 g/mol. The van der Waals surface area contributed by atoms with Gasteiger partial charge in [0.2, 0.25) is 0 Å². The lowest BCUT2D eigenvalue weighted by Crippen LogP contribution is -2.25. The minimum absolute atomic E-state index is 0.183. The van der Waals surface area contributed by atoms with Gasteiger partial charge < -0.3 is 10.1 Å². The number of amides is 1. The molecule has 0 aromatic carbocycles. The lowest BCUT2D eigenvalue weighted by molar-refractivity contribution is 0.0954. The van der Waals surface area contributed by atoms with Gasteiger partial charge in [0.1, 0.15) is 22.9 Å². The fourth-order valence-electron chi connectivity index (χ4n) is 3.80. The van der Waals surface area contributed by atoms with Crippen molar-refractivity contribution in [1.29, 1.82) is 0 Å². The Morgan fingerprint density at radius 2 is 2.00 bits per heavy atom. The number of hydrogen-bond acceptors (Lipinski definition) is 8. The van der Waals surface area contributed by atoms with Gasteiger partial charge in [0.15, 0.2) is 0 Å². The van der Waals surface area contributed by atoms with Gasteiger partial charge in [0.25, 0.3) is 5.91 Å². The van der Waals surface area contributed by atoms with Crippen LogP contribution in [0, 0.1) is 0 Å². The molecule has 0 radical (unpaired) electrons. The predicted molar refractivity (Wildman–Crippen MR) is 141 cm³/mol. The normalized spacial score (nSPS) is 11.6. The second kappa shape index (κ2) is 12.8. The first-order valence-electron chi connectivity index (χ1n) is 12.0. The summed E-state index contributed by atoms with van der Waals surface area (Å²) in [6.07, 6.45) is 13.9. The van der Waals surface area contributed by atoms with Crippen LogP contribution >= 0.6 is 0 Å². The third kappa shape index (κ3) is 6.49. The van der Waals surface area contributed by atoms with E-state index in [-0.39, 0.29) is 5.91 Å². The second-order valence-corrected chi connectivity index (χ2v) is 7.92. The summed E-state index contributed by atoms with van der Waals surface area (Å²) in [6.45, 7) is 6.40. The van der Waals surface area contributed by atoms with Crippen LogP contribution in [0.3, 0.4) is 0 Å². The fourth-order valence-corrected chi connectivity index (χ4v) is 3.80. The Morgan fingerprint density at radius 1 is 1.14 bits per heavy atom. The first-order chi connectivity index (χ1) is 18.2.